The van der Waals surface area contributed by atoms with Crippen LogP contribution in [0.4, 0.5) is 5.82 Å². The van der Waals surface area contributed by atoms with Crippen LogP contribution in [0.2, 0.25) is 0 Å². The van der Waals surface area contributed by atoms with E-state index in [1.807, 2.05) is 24.3 Å². The Bertz CT molecular complexity index is 970. The zero-order chi connectivity index (χ0) is 20.1. The molecule has 0 atom stereocenters. The summed E-state index contributed by atoms with van der Waals surface area (Å²) in [6, 6.07) is 13.9. The van der Waals surface area contributed by atoms with Crippen LogP contribution in [-0.2, 0) is 30.6 Å². The second-order valence-corrected chi connectivity index (χ2v) is 8.31. The van der Waals surface area contributed by atoms with Gasteiger partial charge in [0.2, 0.25) is 5.91 Å². The number of hydrogen-bond acceptors (Lipinski definition) is 4. The fourth-order valence-electron chi connectivity index (χ4n) is 3.53. The Labute approximate surface area is 173 Å². The maximum Gasteiger partial charge on any atom is 0.261 e. The van der Waals surface area contributed by atoms with E-state index < -0.39 is 0 Å². The van der Waals surface area contributed by atoms with Crippen molar-refractivity contribution >= 4 is 29.0 Å². The Hall–Kier alpha value is -2.93. The predicted octanol–water partition coefficient (Wildman–Crippen LogP) is 3.43. The van der Waals surface area contributed by atoms with Crippen LogP contribution < -0.4 is 10.6 Å². The lowest BCUT2D eigenvalue weighted by molar-refractivity contribution is -0.115. The summed E-state index contributed by atoms with van der Waals surface area (Å²) in [7, 11) is 0. The smallest absolute Gasteiger partial charge is 0.261 e. The van der Waals surface area contributed by atoms with Crippen LogP contribution in [0.25, 0.3) is 0 Å². The highest BCUT2D eigenvalue weighted by Gasteiger charge is 2.18. The van der Waals surface area contributed by atoms with Gasteiger partial charge in [0.25, 0.3) is 5.91 Å². The van der Waals surface area contributed by atoms with E-state index in [1.165, 1.54) is 28.8 Å². The Morgan fingerprint density at radius 3 is 2.76 bits per heavy atom. The fraction of sp³-hybridized carbons (Fsp3) is 0.318. The molecule has 29 heavy (non-hydrogen) atoms. The van der Waals surface area contributed by atoms with Gasteiger partial charge in [-0.15, -0.1) is 11.3 Å². The molecular formula is C22H24N4O2S. The summed E-state index contributed by atoms with van der Waals surface area (Å²) in [4.78, 5) is 26.7. The van der Waals surface area contributed by atoms with Crippen LogP contribution in [0.1, 0.15) is 38.5 Å². The van der Waals surface area contributed by atoms with Gasteiger partial charge in [-0.2, -0.15) is 5.10 Å². The molecule has 0 saturated carbocycles. The summed E-state index contributed by atoms with van der Waals surface area (Å²) < 4.78 is 1.76. The number of nitrogens with zero attached hydrogens (tertiary/aromatic N) is 2. The summed E-state index contributed by atoms with van der Waals surface area (Å²) >= 11 is 1.55. The molecular weight excluding hydrogens is 384 g/mol. The van der Waals surface area contributed by atoms with Gasteiger partial charge < -0.3 is 10.6 Å². The Balaban J connectivity index is 1.28. The van der Waals surface area contributed by atoms with Gasteiger partial charge in [0, 0.05) is 17.5 Å². The average Bonchev–Trinajstić information content (AvgIpc) is 3.38. The number of anilines is 1. The molecule has 2 amide bonds. The van der Waals surface area contributed by atoms with Gasteiger partial charge in [-0.25, -0.2) is 4.68 Å². The van der Waals surface area contributed by atoms with E-state index in [2.05, 4.69) is 27.9 Å². The first-order valence-electron chi connectivity index (χ1n) is 9.94. The van der Waals surface area contributed by atoms with Crippen LogP contribution in [0.5, 0.6) is 0 Å². The first-order chi connectivity index (χ1) is 14.2. The first-order valence-corrected chi connectivity index (χ1v) is 10.8. The summed E-state index contributed by atoms with van der Waals surface area (Å²) in [5, 5.41) is 9.84. The molecule has 0 spiro atoms. The number of fused-ring (bicyclic) bond motifs is 1. The lowest BCUT2D eigenvalue weighted by atomic mass is 9.99. The molecule has 0 saturated heterocycles. The minimum atomic E-state index is -0.263. The molecule has 6 nitrogen and oxygen atoms in total. The second kappa shape index (κ2) is 9.05. The molecule has 0 bridgehead atoms. The van der Waals surface area contributed by atoms with Crippen LogP contribution in [0, 0.1) is 0 Å². The number of carbonyl (C=O) groups excluding carboxylic acids is 2. The summed E-state index contributed by atoms with van der Waals surface area (Å²) in [5.41, 5.74) is 2.50. The van der Waals surface area contributed by atoms with Crippen molar-refractivity contribution in [3.63, 3.8) is 0 Å². The number of aryl methyl sites for hydroxylation is 4. The SMILES string of the molecule is O=C(CNC(=O)c1cc2c(s1)CCCC2)Nc1ccnn1CCc1ccccc1. The highest BCUT2D eigenvalue weighted by Crippen LogP contribution is 2.29. The van der Waals surface area contributed by atoms with Gasteiger partial charge in [-0.05, 0) is 49.3 Å². The molecule has 1 aromatic carbocycles. The van der Waals surface area contributed by atoms with Crippen molar-refractivity contribution in [2.24, 2.45) is 0 Å². The Morgan fingerprint density at radius 1 is 1.10 bits per heavy atom. The monoisotopic (exact) mass is 408 g/mol. The standard InChI is InChI=1S/C22H24N4O2S/c27-21(15-23-22(28)19-14-17-8-4-5-9-18(17)29-19)25-20-10-12-24-26(20)13-11-16-6-2-1-3-7-16/h1-3,6-7,10,12,14H,4-5,8-9,11,13,15H2,(H,23,28)(H,25,27). The van der Waals surface area contributed by atoms with Gasteiger partial charge in [0.15, 0.2) is 0 Å². The number of nitrogens with one attached hydrogen (secondary N) is 2. The van der Waals surface area contributed by atoms with Crippen LogP contribution in [0.3, 0.4) is 0 Å². The molecule has 0 fully saturated rings. The van der Waals surface area contributed by atoms with E-state index in [4.69, 9.17) is 0 Å². The third-order valence-corrected chi connectivity index (χ3v) is 6.30. The molecule has 4 rings (SSSR count). The van der Waals surface area contributed by atoms with Crippen LogP contribution >= 0.6 is 11.3 Å². The number of carbonyl (C=O) groups is 2. The zero-order valence-electron chi connectivity index (χ0n) is 16.2. The van der Waals surface area contributed by atoms with Crippen molar-refractivity contribution < 1.29 is 9.59 Å². The molecule has 0 aliphatic heterocycles. The third-order valence-electron chi connectivity index (χ3n) is 5.07. The second-order valence-electron chi connectivity index (χ2n) is 7.17. The number of aromatic nitrogens is 2. The van der Waals surface area contributed by atoms with Crippen molar-refractivity contribution in [2.75, 3.05) is 11.9 Å². The lowest BCUT2D eigenvalue weighted by Gasteiger charge is -2.09. The number of rotatable bonds is 7. The molecule has 1 aliphatic carbocycles. The fourth-order valence-corrected chi connectivity index (χ4v) is 4.70. The zero-order valence-corrected chi connectivity index (χ0v) is 17.0. The van der Waals surface area contributed by atoms with Crippen molar-refractivity contribution in [1.29, 1.82) is 0 Å². The minimum absolute atomic E-state index is 0.0642. The maximum absolute atomic E-state index is 12.4. The van der Waals surface area contributed by atoms with E-state index in [9.17, 15) is 9.59 Å². The van der Waals surface area contributed by atoms with Crippen LogP contribution in [-0.4, -0.2) is 28.1 Å². The largest absolute Gasteiger partial charge is 0.342 e. The Kier molecular flexibility index (Phi) is 6.05. The molecule has 2 N–H and O–H groups in total. The van der Waals surface area contributed by atoms with E-state index in [0.717, 1.165) is 19.3 Å². The molecule has 2 aromatic heterocycles. The van der Waals surface area contributed by atoms with E-state index in [-0.39, 0.29) is 18.4 Å². The van der Waals surface area contributed by atoms with Gasteiger partial charge in [-0.1, -0.05) is 30.3 Å². The van der Waals surface area contributed by atoms with Gasteiger partial charge >= 0.3 is 0 Å². The number of benzene rings is 1. The minimum Gasteiger partial charge on any atom is -0.342 e. The van der Waals surface area contributed by atoms with Crippen molar-refractivity contribution in [3.8, 4) is 0 Å². The van der Waals surface area contributed by atoms with Crippen molar-refractivity contribution in [3.05, 3.63) is 69.5 Å². The third kappa shape index (κ3) is 4.92. The first kappa shape index (κ1) is 19.4. The highest BCUT2D eigenvalue weighted by molar-refractivity contribution is 7.14. The van der Waals surface area contributed by atoms with E-state index in [1.54, 1.807) is 28.3 Å². The van der Waals surface area contributed by atoms with E-state index in [0.29, 0.717) is 17.2 Å². The number of amides is 2. The average molecular weight is 409 g/mol. The van der Waals surface area contributed by atoms with Gasteiger partial charge in [0.1, 0.15) is 5.82 Å². The van der Waals surface area contributed by atoms with Crippen molar-refractivity contribution in [1.82, 2.24) is 15.1 Å². The Morgan fingerprint density at radius 2 is 1.93 bits per heavy atom. The lowest BCUT2D eigenvalue weighted by Crippen LogP contribution is -2.33. The summed E-state index contributed by atoms with van der Waals surface area (Å²) in [6.07, 6.45) is 6.97. The normalized spacial score (nSPS) is 13.0. The highest BCUT2D eigenvalue weighted by atomic mass is 32.1. The van der Waals surface area contributed by atoms with Crippen LogP contribution in [0.15, 0.2) is 48.7 Å². The maximum atomic E-state index is 12.4. The molecule has 0 unspecified atom stereocenters. The molecule has 7 heteroatoms. The summed E-state index contributed by atoms with van der Waals surface area (Å²) in [5.74, 6) is 0.185. The molecule has 3 aromatic rings. The van der Waals surface area contributed by atoms with Gasteiger partial charge in [0.05, 0.1) is 17.6 Å². The summed E-state index contributed by atoms with van der Waals surface area (Å²) in [6.45, 7) is 0.602. The quantitative estimate of drug-likeness (QED) is 0.629. The number of hydrogen-bond donors (Lipinski definition) is 2. The topological polar surface area (TPSA) is 76.0 Å². The van der Waals surface area contributed by atoms with Gasteiger partial charge in [-0.3, -0.25) is 9.59 Å². The van der Waals surface area contributed by atoms with E-state index >= 15 is 0 Å². The predicted molar refractivity (Wildman–Crippen MR) is 114 cm³/mol. The molecule has 0 radical (unpaired) electrons. The van der Waals surface area contributed by atoms with Crippen molar-refractivity contribution in [2.45, 2.75) is 38.6 Å². The molecule has 1 aliphatic rings. The molecule has 2 heterocycles. The number of thiophene rings is 1. The molecule has 150 valence electrons.